The van der Waals surface area contributed by atoms with Gasteiger partial charge in [-0.15, -0.1) is 0 Å². The highest BCUT2D eigenvalue weighted by Gasteiger charge is 2.17. The first-order valence-electron chi connectivity index (χ1n) is 6.02. The van der Waals surface area contributed by atoms with Gasteiger partial charge in [-0.1, -0.05) is 20.8 Å². The van der Waals surface area contributed by atoms with Crippen LogP contribution in [-0.4, -0.2) is 24.4 Å². The monoisotopic (exact) mass is 253 g/mol. The maximum Gasteiger partial charge on any atom is 0.268 e. The number of hydrazine groups is 1. The number of nitrogens with zero attached hydrogens (tertiary/aromatic N) is 1. The number of amides is 1. The molecule has 1 amide bonds. The number of aryl methyl sites for hydroxylation is 1. The molecule has 0 bridgehead atoms. The van der Waals surface area contributed by atoms with Crippen LogP contribution in [0.25, 0.3) is 0 Å². The maximum atomic E-state index is 11.5. The predicted octanol–water partition coefficient (Wildman–Crippen LogP) is 1.67. The Bertz CT molecular complexity index is 418. The van der Waals surface area contributed by atoms with Gasteiger partial charge in [0.05, 0.1) is 12.1 Å². The molecule has 0 aromatic carbocycles. The second-order valence-corrected chi connectivity index (χ2v) is 5.89. The summed E-state index contributed by atoms with van der Waals surface area (Å²) in [4.78, 5) is 13.6. The van der Waals surface area contributed by atoms with Crippen molar-refractivity contribution >= 4 is 5.91 Å². The normalized spacial score (nSPS) is 11.9. The second-order valence-electron chi connectivity index (χ2n) is 5.89. The van der Waals surface area contributed by atoms with Gasteiger partial charge in [-0.2, -0.15) is 0 Å². The van der Waals surface area contributed by atoms with Crippen molar-refractivity contribution in [1.29, 1.82) is 0 Å². The van der Waals surface area contributed by atoms with E-state index in [9.17, 15) is 4.79 Å². The molecule has 0 radical (unpaired) electrons. The number of nitrogens with two attached hydrogens (primary N) is 1. The van der Waals surface area contributed by atoms with E-state index in [1.165, 1.54) is 0 Å². The zero-order chi connectivity index (χ0) is 13.9. The summed E-state index contributed by atoms with van der Waals surface area (Å²) in [6, 6.07) is 1.75. The quantitative estimate of drug-likeness (QED) is 0.486. The van der Waals surface area contributed by atoms with E-state index < -0.39 is 0 Å². The van der Waals surface area contributed by atoms with E-state index >= 15 is 0 Å². The summed E-state index contributed by atoms with van der Waals surface area (Å²) in [7, 11) is 2.03. The zero-order valence-electron chi connectivity index (χ0n) is 11.8. The lowest BCUT2D eigenvalue weighted by Crippen LogP contribution is -2.30. The van der Waals surface area contributed by atoms with E-state index in [-0.39, 0.29) is 11.3 Å². The number of hydrogen-bond donors (Lipinski definition) is 2. The highest BCUT2D eigenvalue weighted by atomic mass is 16.3. The number of nitrogen functional groups attached to an aromatic ring is 1. The van der Waals surface area contributed by atoms with E-state index in [0.29, 0.717) is 17.9 Å². The third-order valence-electron chi connectivity index (χ3n) is 2.51. The zero-order valence-corrected chi connectivity index (χ0v) is 11.8. The topological polar surface area (TPSA) is 71.5 Å². The summed E-state index contributed by atoms with van der Waals surface area (Å²) in [5, 5.41) is 0. The van der Waals surface area contributed by atoms with E-state index in [4.69, 9.17) is 10.3 Å². The minimum absolute atomic E-state index is 0.230. The first-order chi connectivity index (χ1) is 8.23. The fraction of sp³-hybridized carbons (Fsp3) is 0.615. The molecule has 0 aliphatic heterocycles. The third kappa shape index (κ3) is 4.16. The van der Waals surface area contributed by atoms with Crippen LogP contribution < -0.4 is 11.3 Å². The Hall–Kier alpha value is -1.33. The number of carbonyl (C=O) groups excluding carboxylic acids is 1. The van der Waals surface area contributed by atoms with Crippen LogP contribution in [0.2, 0.25) is 0 Å². The molecule has 1 aromatic heterocycles. The van der Waals surface area contributed by atoms with Crippen LogP contribution in [-0.2, 0) is 6.54 Å². The molecule has 0 unspecified atom stereocenters. The lowest BCUT2D eigenvalue weighted by Gasteiger charge is -2.25. The Morgan fingerprint density at radius 2 is 2.11 bits per heavy atom. The third-order valence-corrected chi connectivity index (χ3v) is 2.51. The molecule has 5 nitrogen and oxygen atoms in total. The summed E-state index contributed by atoms with van der Waals surface area (Å²) < 4.78 is 5.56. The number of rotatable bonds is 4. The first kappa shape index (κ1) is 14.7. The summed E-state index contributed by atoms with van der Waals surface area (Å²) in [5.74, 6) is 6.17. The maximum absolute atomic E-state index is 11.5. The number of hydrogen-bond acceptors (Lipinski definition) is 4. The molecule has 0 fully saturated rings. The standard InChI is InChI=1S/C13H23N3O2/c1-9-11(12(17)15-14)6-10(18-9)7-16(5)8-13(2,3)4/h6H,7-8,14H2,1-5H3,(H,15,17). The molecule has 102 valence electrons. The van der Waals surface area contributed by atoms with Crippen molar-refractivity contribution in [3.8, 4) is 0 Å². The summed E-state index contributed by atoms with van der Waals surface area (Å²) in [6.45, 7) is 9.94. The lowest BCUT2D eigenvalue weighted by atomic mass is 9.96. The van der Waals surface area contributed by atoms with Crippen LogP contribution in [0, 0.1) is 12.3 Å². The molecule has 0 saturated heterocycles. The average molecular weight is 253 g/mol. The Balaban J connectivity index is 2.72. The van der Waals surface area contributed by atoms with Gasteiger partial charge in [0.25, 0.3) is 5.91 Å². The minimum Gasteiger partial charge on any atom is -0.464 e. The van der Waals surface area contributed by atoms with Crippen molar-refractivity contribution in [1.82, 2.24) is 10.3 Å². The molecule has 1 rings (SSSR count). The van der Waals surface area contributed by atoms with Crippen molar-refractivity contribution in [3.63, 3.8) is 0 Å². The van der Waals surface area contributed by atoms with Crippen molar-refractivity contribution in [2.24, 2.45) is 11.3 Å². The van der Waals surface area contributed by atoms with Gasteiger partial charge >= 0.3 is 0 Å². The molecule has 0 spiro atoms. The lowest BCUT2D eigenvalue weighted by molar-refractivity contribution is 0.0952. The van der Waals surface area contributed by atoms with Gasteiger partial charge in [0, 0.05) is 6.54 Å². The Morgan fingerprint density at radius 3 is 2.61 bits per heavy atom. The average Bonchev–Trinajstić information content (AvgIpc) is 2.55. The minimum atomic E-state index is -0.319. The Kier molecular flexibility index (Phi) is 4.53. The smallest absolute Gasteiger partial charge is 0.268 e. The fourth-order valence-electron chi connectivity index (χ4n) is 2.06. The molecular formula is C13H23N3O2. The molecule has 3 N–H and O–H groups in total. The van der Waals surface area contributed by atoms with Crippen LogP contribution >= 0.6 is 0 Å². The van der Waals surface area contributed by atoms with Gasteiger partial charge in [0.15, 0.2) is 0 Å². The summed E-state index contributed by atoms with van der Waals surface area (Å²) in [5.41, 5.74) is 2.84. The number of furan rings is 1. The van der Waals surface area contributed by atoms with Gasteiger partial charge < -0.3 is 4.42 Å². The second kappa shape index (κ2) is 5.54. The Morgan fingerprint density at radius 1 is 1.50 bits per heavy atom. The highest BCUT2D eigenvalue weighted by Crippen LogP contribution is 2.19. The molecular weight excluding hydrogens is 230 g/mol. The van der Waals surface area contributed by atoms with E-state index in [1.807, 2.05) is 7.05 Å². The molecule has 1 aromatic rings. The van der Waals surface area contributed by atoms with Crippen LogP contribution in [0.4, 0.5) is 0 Å². The van der Waals surface area contributed by atoms with Gasteiger partial charge in [-0.05, 0) is 25.5 Å². The molecule has 0 aliphatic carbocycles. The molecule has 1 heterocycles. The summed E-state index contributed by atoms with van der Waals surface area (Å²) in [6.07, 6.45) is 0. The molecule has 0 aliphatic rings. The molecule has 0 atom stereocenters. The van der Waals surface area contributed by atoms with Crippen LogP contribution in [0.1, 0.15) is 42.6 Å². The van der Waals surface area contributed by atoms with E-state index in [2.05, 4.69) is 31.1 Å². The predicted molar refractivity (Wildman–Crippen MR) is 70.9 cm³/mol. The molecule has 5 heteroatoms. The van der Waals surface area contributed by atoms with Crippen LogP contribution in [0.15, 0.2) is 10.5 Å². The largest absolute Gasteiger partial charge is 0.464 e. The van der Waals surface area contributed by atoms with E-state index in [0.717, 1.165) is 12.3 Å². The van der Waals surface area contributed by atoms with Gasteiger partial charge in [-0.3, -0.25) is 15.1 Å². The van der Waals surface area contributed by atoms with Crippen LogP contribution in [0.3, 0.4) is 0 Å². The molecule has 18 heavy (non-hydrogen) atoms. The highest BCUT2D eigenvalue weighted by molar-refractivity contribution is 5.94. The van der Waals surface area contributed by atoms with Crippen molar-refractivity contribution in [2.45, 2.75) is 34.2 Å². The van der Waals surface area contributed by atoms with E-state index in [1.54, 1.807) is 13.0 Å². The van der Waals surface area contributed by atoms with Crippen molar-refractivity contribution < 1.29 is 9.21 Å². The number of nitrogens with one attached hydrogen (secondary N) is 1. The first-order valence-corrected chi connectivity index (χ1v) is 6.02. The van der Waals surface area contributed by atoms with Gasteiger partial charge in [0.2, 0.25) is 0 Å². The van der Waals surface area contributed by atoms with Gasteiger partial charge in [0.1, 0.15) is 11.5 Å². The fourth-order valence-corrected chi connectivity index (χ4v) is 2.06. The van der Waals surface area contributed by atoms with Crippen molar-refractivity contribution in [3.05, 3.63) is 23.2 Å². The van der Waals surface area contributed by atoms with Gasteiger partial charge in [-0.25, -0.2) is 5.84 Å². The SMILES string of the molecule is Cc1oc(CN(C)CC(C)(C)C)cc1C(=O)NN. The molecule has 0 saturated carbocycles. The summed E-state index contributed by atoms with van der Waals surface area (Å²) >= 11 is 0. The van der Waals surface area contributed by atoms with Crippen LogP contribution in [0.5, 0.6) is 0 Å². The Labute approximate surface area is 108 Å². The number of carbonyl (C=O) groups is 1. The van der Waals surface area contributed by atoms with Crippen molar-refractivity contribution in [2.75, 3.05) is 13.6 Å².